The summed E-state index contributed by atoms with van der Waals surface area (Å²) in [5.74, 6) is 0.915. The normalized spacial score (nSPS) is 26.0. The maximum absolute atomic E-state index is 6.36. The first-order valence-electron chi connectivity index (χ1n) is 7.21. The second-order valence-corrected chi connectivity index (χ2v) is 7.14. The number of nitrogens with one attached hydrogen (secondary N) is 1. The monoisotopic (exact) mass is 374 g/mol. The van der Waals surface area contributed by atoms with Gasteiger partial charge in [0.2, 0.25) is 0 Å². The van der Waals surface area contributed by atoms with Gasteiger partial charge in [-0.15, -0.1) is 0 Å². The van der Waals surface area contributed by atoms with Crippen molar-refractivity contribution in [1.29, 1.82) is 0 Å². The Labute approximate surface area is 143 Å². The lowest BCUT2D eigenvalue weighted by molar-refractivity contribution is 0.0497. The topological polar surface area (TPSA) is 24.5 Å². The molecule has 2 aromatic carbocycles. The number of rotatable bonds is 1. The molecule has 1 N–H and O–H groups in total. The highest BCUT2D eigenvalue weighted by Gasteiger charge is 2.48. The number of nitrogens with zero attached hydrogens (tertiary/aromatic N) is 1. The lowest BCUT2D eigenvalue weighted by Crippen LogP contribution is -2.65. The molecule has 1 fully saturated rings. The summed E-state index contributed by atoms with van der Waals surface area (Å²) in [4.78, 5) is 2.07. The van der Waals surface area contributed by atoms with E-state index in [1.807, 2.05) is 30.3 Å². The van der Waals surface area contributed by atoms with Crippen LogP contribution in [0.5, 0.6) is 5.75 Å². The molecule has 5 heteroatoms. The summed E-state index contributed by atoms with van der Waals surface area (Å²) < 4.78 is 7.41. The predicted molar refractivity (Wildman–Crippen MR) is 95.2 cm³/mol. The van der Waals surface area contributed by atoms with Crippen LogP contribution in [-0.4, -0.2) is 10.8 Å². The standard InChI is InChI=1S/C17H15BrN2OS/c1-17-10-14(13-9-11(18)7-8-15(13)21-17)19-16(22)20(17)12-5-3-2-4-6-12/h2-9,14H,10H2,1H3,(H,19,22)/t14-,17+/m0/s1. The second kappa shape index (κ2) is 4.96. The molecule has 0 unspecified atom stereocenters. The number of thiocarbonyl (C=S) groups is 1. The average Bonchev–Trinajstić information content (AvgIpc) is 2.48. The van der Waals surface area contributed by atoms with Gasteiger partial charge in [0.05, 0.1) is 6.04 Å². The Kier molecular flexibility index (Phi) is 3.16. The van der Waals surface area contributed by atoms with Crippen molar-refractivity contribution in [2.75, 3.05) is 4.90 Å². The van der Waals surface area contributed by atoms with Gasteiger partial charge in [-0.1, -0.05) is 34.1 Å². The quantitative estimate of drug-likeness (QED) is 0.748. The van der Waals surface area contributed by atoms with E-state index >= 15 is 0 Å². The third-order valence-corrected chi connectivity index (χ3v) is 5.04. The Balaban J connectivity index is 1.81. The molecule has 1 saturated heterocycles. The van der Waals surface area contributed by atoms with Gasteiger partial charge in [-0.2, -0.15) is 0 Å². The molecular formula is C17H15BrN2OS. The summed E-state index contributed by atoms with van der Waals surface area (Å²) in [6, 6.07) is 16.5. The molecule has 2 bridgehead atoms. The van der Waals surface area contributed by atoms with Crippen molar-refractivity contribution in [1.82, 2.24) is 5.32 Å². The number of halogens is 1. The predicted octanol–water partition coefficient (Wildman–Crippen LogP) is 4.38. The van der Waals surface area contributed by atoms with Crippen molar-refractivity contribution in [2.24, 2.45) is 0 Å². The third-order valence-electron chi connectivity index (χ3n) is 4.25. The molecule has 0 radical (unpaired) electrons. The average molecular weight is 375 g/mol. The van der Waals surface area contributed by atoms with E-state index in [0.717, 1.165) is 27.9 Å². The zero-order chi connectivity index (χ0) is 15.3. The van der Waals surface area contributed by atoms with Crippen LogP contribution in [0.3, 0.4) is 0 Å². The maximum Gasteiger partial charge on any atom is 0.188 e. The summed E-state index contributed by atoms with van der Waals surface area (Å²) in [5.41, 5.74) is 1.72. The van der Waals surface area contributed by atoms with Crippen LogP contribution in [0, 0.1) is 0 Å². The molecular weight excluding hydrogens is 360 g/mol. The lowest BCUT2D eigenvalue weighted by Gasteiger charge is -2.52. The van der Waals surface area contributed by atoms with Crippen molar-refractivity contribution in [3.8, 4) is 5.75 Å². The molecule has 112 valence electrons. The highest BCUT2D eigenvalue weighted by Crippen LogP contribution is 2.46. The van der Waals surface area contributed by atoms with Crippen LogP contribution in [0.25, 0.3) is 0 Å². The van der Waals surface area contributed by atoms with Gasteiger partial charge >= 0.3 is 0 Å². The van der Waals surface area contributed by atoms with Crippen LogP contribution in [0.15, 0.2) is 53.0 Å². The molecule has 2 aromatic rings. The molecule has 2 heterocycles. The molecule has 0 saturated carbocycles. The fourth-order valence-electron chi connectivity index (χ4n) is 3.31. The second-order valence-electron chi connectivity index (χ2n) is 5.84. The molecule has 0 aromatic heterocycles. The first-order valence-corrected chi connectivity index (χ1v) is 8.41. The fraction of sp³-hybridized carbons (Fsp3) is 0.235. The van der Waals surface area contributed by atoms with Gasteiger partial charge in [-0.05, 0) is 49.5 Å². The van der Waals surface area contributed by atoms with E-state index in [2.05, 4.69) is 51.3 Å². The number of hydrogen-bond acceptors (Lipinski definition) is 2. The van der Waals surface area contributed by atoms with Gasteiger partial charge in [-0.25, -0.2) is 0 Å². The minimum atomic E-state index is -0.477. The van der Waals surface area contributed by atoms with Crippen molar-refractivity contribution in [3.05, 3.63) is 58.6 Å². The zero-order valence-electron chi connectivity index (χ0n) is 12.0. The molecule has 0 amide bonds. The highest BCUT2D eigenvalue weighted by molar-refractivity contribution is 9.10. The van der Waals surface area contributed by atoms with Gasteiger partial charge in [0.25, 0.3) is 0 Å². The number of ether oxygens (including phenoxy) is 1. The minimum absolute atomic E-state index is 0.179. The summed E-state index contributed by atoms with van der Waals surface area (Å²) in [5, 5.41) is 4.17. The van der Waals surface area contributed by atoms with Crippen molar-refractivity contribution in [2.45, 2.75) is 25.1 Å². The number of benzene rings is 2. The SMILES string of the molecule is C[C@@]12C[C@H](NC(=S)N1c1ccccc1)c1cc(Br)ccc1O2. The first kappa shape index (κ1) is 14.0. The summed E-state index contributed by atoms with van der Waals surface area (Å²) in [6.45, 7) is 2.10. The van der Waals surface area contributed by atoms with Gasteiger partial charge < -0.3 is 10.1 Å². The van der Waals surface area contributed by atoms with E-state index in [9.17, 15) is 0 Å². The van der Waals surface area contributed by atoms with E-state index in [-0.39, 0.29) is 6.04 Å². The molecule has 22 heavy (non-hydrogen) atoms. The smallest absolute Gasteiger partial charge is 0.188 e. The molecule has 3 nitrogen and oxygen atoms in total. The Morgan fingerprint density at radius 1 is 1.27 bits per heavy atom. The Morgan fingerprint density at radius 2 is 2.05 bits per heavy atom. The Hall–Kier alpha value is -1.59. The van der Waals surface area contributed by atoms with Crippen LogP contribution >= 0.6 is 28.1 Å². The van der Waals surface area contributed by atoms with Crippen molar-refractivity contribution >= 4 is 38.9 Å². The van der Waals surface area contributed by atoms with E-state index in [4.69, 9.17) is 17.0 Å². The van der Waals surface area contributed by atoms with E-state index < -0.39 is 5.72 Å². The molecule has 2 atom stereocenters. The summed E-state index contributed by atoms with van der Waals surface area (Å²) in [6.07, 6.45) is 0.839. The minimum Gasteiger partial charge on any atom is -0.467 e. The van der Waals surface area contributed by atoms with Crippen molar-refractivity contribution in [3.63, 3.8) is 0 Å². The van der Waals surface area contributed by atoms with Gasteiger partial charge in [-0.3, -0.25) is 4.90 Å². The van der Waals surface area contributed by atoms with Crippen LogP contribution in [-0.2, 0) is 0 Å². The highest BCUT2D eigenvalue weighted by atomic mass is 79.9. The van der Waals surface area contributed by atoms with Gasteiger partial charge in [0.1, 0.15) is 5.75 Å². The zero-order valence-corrected chi connectivity index (χ0v) is 14.4. The number of fused-ring (bicyclic) bond motifs is 4. The van der Waals surface area contributed by atoms with E-state index in [1.54, 1.807) is 0 Å². The van der Waals surface area contributed by atoms with E-state index in [1.165, 1.54) is 0 Å². The molecule has 2 aliphatic heterocycles. The number of anilines is 1. The molecule has 4 rings (SSSR count). The van der Waals surface area contributed by atoms with E-state index in [0.29, 0.717) is 5.11 Å². The van der Waals surface area contributed by atoms with Crippen molar-refractivity contribution < 1.29 is 4.74 Å². The fourth-order valence-corrected chi connectivity index (χ4v) is 4.13. The van der Waals surface area contributed by atoms with Gasteiger partial charge in [0.15, 0.2) is 10.8 Å². The number of hydrogen-bond donors (Lipinski definition) is 1. The maximum atomic E-state index is 6.36. The lowest BCUT2D eigenvalue weighted by atomic mass is 9.90. The summed E-state index contributed by atoms with van der Waals surface area (Å²) >= 11 is 9.15. The third kappa shape index (κ3) is 2.11. The molecule has 0 aliphatic carbocycles. The molecule has 0 spiro atoms. The Bertz CT molecular complexity index is 752. The van der Waals surface area contributed by atoms with Crippen LogP contribution in [0.2, 0.25) is 0 Å². The summed E-state index contributed by atoms with van der Waals surface area (Å²) in [7, 11) is 0. The van der Waals surface area contributed by atoms with Crippen LogP contribution in [0.1, 0.15) is 24.9 Å². The Morgan fingerprint density at radius 3 is 2.82 bits per heavy atom. The first-order chi connectivity index (χ1) is 10.6. The number of para-hydroxylation sites is 1. The largest absolute Gasteiger partial charge is 0.467 e. The van der Waals surface area contributed by atoms with Crippen LogP contribution < -0.4 is 15.0 Å². The van der Waals surface area contributed by atoms with Gasteiger partial charge in [0, 0.05) is 22.1 Å². The van der Waals surface area contributed by atoms with Crippen LogP contribution in [0.4, 0.5) is 5.69 Å². The molecule has 2 aliphatic rings.